The van der Waals surface area contributed by atoms with Gasteiger partial charge in [0.25, 0.3) is 5.91 Å². The molecule has 1 aliphatic rings. The number of nitrogens with one attached hydrogen (secondary N) is 1. The monoisotopic (exact) mass is 345 g/mol. The molecular formula is C14H17BrFNO3. The predicted octanol–water partition coefficient (Wildman–Crippen LogP) is 2.24. The zero-order chi connectivity index (χ0) is 14.5. The van der Waals surface area contributed by atoms with Crippen molar-refractivity contribution in [3.05, 3.63) is 28.5 Å². The van der Waals surface area contributed by atoms with Gasteiger partial charge >= 0.3 is 0 Å². The van der Waals surface area contributed by atoms with E-state index in [1.165, 1.54) is 18.2 Å². The Morgan fingerprint density at radius 1 is 1.50 bits per heavy atom. The Balaban J connectivity index is 1.83. The van der Waals surface area contributed by atoms with Crippen molar-refractivity contribution in [3.8, 4) is 5.75 Å². The summed E-state index contributed by atoms with van der Waals surface area (Å²) in [5.41, 5.74) is 0. The van der Waals surface area contributed by atoms with E-state index in [-0.39, 0.29) is 36.9 Å². The van der Waals surface area contributed by atoms with Gasteiger partial charge in [0.05, 0.1) is 4.47 Å². The van der Waals surface area contributed by atoms with Crippen molar-refractivity contribution in [2.45, 2.75) is 25.3 Å². The molecule has 2 rings (SSSR count). The van der Waals surface area contributed by atoms with Crippen LogP contribution < -0.4 is 10.1 Å². The summed E-state index contributed by atoms with van der Waals surface area (Å²) in [6.07, 6.45) is 2.84. The number of hydrogen-bond acceptors (Lipinski definition) is 3. The van der Waals surface area contributed by atoms with Crippen LogP contribution in [0.5, 0.6) is 5.75 Å². The highest BCUT2D eigenvalue weighted by Crippen LogP contribution is 2.26. The zero-order valence-corrected chi connectivity index (χ0v) is 12.5. The van der Waals surface area contributed by atoms with Crippen molar-refractivity contribution >= 4 is 21.8 Å². The number of rotatable bonds is 5. The van der Waals surface area contributed by atoms with Crippen LogP contribution in [0.15, 0.2) is 22.7 Å². The first-order chi connectivity index (χ1) is 9.60. The lowest BCUT2D eigenvalue weighted by atomic mass is 10.1. The predicted molar refractivity (Wildman–Crippen MR) is 76.0 cm³/mol. The van der Waals surface area contributed by atoms with Crippen molar-refractivity contribution in [2.24, 2.45) is 5.92 Å². The number of amides is 1. The fourth-order valence-corrected chi connectivity index (χ4v) is 2.89. The van der Waals surface area contributed by atoms with Crippen LogP contribution in [0.3, 0.4) is 0 Å². The van der Waals surface area contributed by atoms with Crippen molar-refractivity contribution in [3.63, 3.8) is 0 Å². The molecule has 110 valence electrons. The molecule has 1 aromatic rings. The lowest BCUT2D eigenvalue weighted by Gasteiger charge is -2.19. The van der Waals surface area contributed by atoms with Crippen LogP contribution in [0, 0.1) is 11.7 Å². The lowest BCUT2D eigenvalue weighted by molar-refractivity contribution is -0.124. The average molecular weight is 346 g/mol. The summed E-state index contributed by atoms with van der Waals surface area (Å²) in [5.74, 6) is -0.0415. The first kappa shape index (κ1) is 15.3. The summed E-state index contributed by atoms with van der Waals surface area (Å²) in [7, 11) is 0. The summed E-state index contributed by atoms with van der Waals surface area (Å²) in [4.78, 5) is 11.8. The van der Waals surface area contributed by atoms with E-state index < -0.39 is 0 Å². The lowest BCUT2D eigenvalue weighted by Crippen LogP contribution is -2.41. The molecule has 20 heavy (non-hydrogen) atoms. The molecule has 6 heteroatoms. The van der Waals surface area contributed by atoms with Crippen LogP contribution in [-0.2, 0) is 4.79 Å². The number of carbonyl (C=O) groups excluding carboxylic acids is 1. The molecule has 2 N–H and O–H groups in total. The second-order valence-corrected chi connectivity index (χ2v) is 5.77. The van der Waals surface area contributed by atoms with Gasteiger partial charge in [-0.2, -0.15) is 0 Å². The van der Waals surface area contributed by atoms with E-state index in [4.69, 9.17) is 4.74 Å². The number of hydrogen-bond donors (Lipinski definition) is 2. The van der Waals surface area contributed by atoms with Crippen molar-refractivity contribution < 1.29 is 19.0 Å². The summed E-state index contributed by atoms with van der Waals surface area (Å²) in [6, 6.07) is 4.05. The Morgan fingerprint density at radius 2 is 2.30 bits per heavy atom. The van der Waals surface area contributed by atoms with Gasteiger partial charge < -0.3 is 15.2 Å². The standard InChI is InChI=1S/C14H17BrFNO3/c15-11-6-10(16)4-5-13(11)20-8-14(19)17-12-3-1-2-9(12)7-18/h4-6,9,12,18H,1-3,7-8H2,(H,17,19). The van der Waals surface area contributed by atoms with E-state index in [1.54, 1.807) is 0 Å². The van der Waals surface area contributed by atoms with Gasteiger partial charge in [-0.15, -0.1) is 0 Å². The van der Waals surface area contributed by atoms with E-state index in [2.05, 4.69) is 21.2 Å². The van der Waals surface area contributed by atoms with Gasteiger partial charge in [0.15, 0.2) is 6.61 Å². The molecule has 0 saturated heterocycles. The average Bonchev–Trinajstić information content (AvgIpc) is 2.85. The minimum absolute atomic E-state index is 0.0211. The molecule has 0 radical (unpaired) electrons. The van der Waals surface area contributed by atoms with E-state index in [9.17, 15) is 14.3 Å². The smallest absolute Gasteiger partial charge is 0.258 e. The van der Waals surface area contributed by atoms with Crippen LogP contribution in [0.2, 0.25) is 0 Å². The number of aliphatic hydroxyl groups excluding tert-OH is 1. The molecule has 1 aromatic carbocycles. The minimum Gasteiger partial charge on any atom is -0.483 e. The number of halogens is 2. The minimum atomic E-state index is -0.370. The summed E-state index contributed by atoms with van der Waals surface area (Å²) in [5, 5.41) is 12.1. The second kappa shape index (κ2) is 7.04. The molecule has 1 saturated carbocycles. The molecule has 1 fully saturated rings. The Morgan fingerprint density at radius 3 is 3.00 bits per heavy atom. The van der Waals surface area contributed by atoms with Gasteiger partial charge in [-0.05, 0) is 47.0 Å². The van der Waals surface area contributed by atoms with Crippen LogP contribution in [0.25, 0.3) is 0 Å². The summed E-state index contributed by atoms with van der Waals surface area (Å²) >= 11 is 3.18. The Labute approximate surface area is 125 Å². The molecule has 1 aliphatic carbocycles. The van der Waals surface area contributed by atoms with Gasteiger partial charge in [0.2, 0.25) is 0 Å². The highest BCUT2D eigenvalue weighted by Gasteiger charge is 2.27. The number of benzene rings is 1. The Kier molecular flexibility index (Phi) is 5.37. The third-order valence-electron chi connectivity index (χ3n) is 3.49. The molecule has 4 nitrogen and oxygen atoms in total. The van der Waals surface area contributed by atoms with E-state index >= 15 is 0 Å². The third kappa shape index (κ3) is 3.93. The molecular weight excluding hydrogens is 329 g/mol. The summed E-state index contributed by atoms with van der Waals surface area (Å²) in [6.45, 7) is -0.0335. The molecule has 0 aliphatic heterocycles. The molecule has 1 amide bonds. The largest absolute Gasteiger partial charge is 0.483 e. The first-order valence-corrected chi connectivity index (χ1v) is 7.37. The van der Waals surface area contributed by atoms with Crippen LogP contribution in [0.4, 0.5) is 4.39 Å². The maximum Gasteiger partial charge on any atom is 0.258 e. The quantitative estimate of drug-likeness (QED) is 0.860. The fourth-order valence-electron chi connectivity index (χ4n) is 2.43. The normalized spacial score (nSPS) is 21.8. The number of ether oxygens (including phenoxy) is 1. The van der Waals surface area contributed by atoms with Gasteiger partial charge in [-0.1, -0.05) is 6.42 Å². The molecule has 0 spiro atoms. The maximum atomic E-state index is 12.9. The van der Waals surface area contributed by atoms with Crippen molar-refractivity contribution in [1.82, 2.24) is 5.32 Å². The van der Waals surface area contributed by atoms with E-state index in [0.29, 0.717) is 10.2 Å². The van der Waals surface area contributed by atoms with Gasteiger partial charge in [-0.25, -0.2) is 4.39 Å². The summed E-state index contributed by atoms with van der Waals surface area (Å²) < 4.78 is 18.7. The SMILES string of the molecule is O=C(COc1ccc(F)cc1Br)NC1CCCC1CO. The van der Waals surface area contributed by atoms with Gasteiger partial charge in [0.1, 0.15) is 11.6 Å². The molecule has 0 aromatic heterocycles. The fraction of sp³-hybridized carbons (Fsp3) is 0.500. The molecule has 2 atom stereocenters. The van der Waals surface area contributed by atoms with Gasteiger partial charge in [0, 0.05) is 18.6 Å². The highest BCUT2D eigenvalue weighted by molar-refractivity contribution is 9.10. The second-order valence-electron chi connectivity index (χ2n) is 4.91. The van der Waals surface area contributed by atoms with Crippen molar-refractivity contribution in [2.75, 3.05) is 13.2 Å². The third-order valence-corrected chi connectivity index (χ3v) is 4.11. The van der Waals surface area contributed by atoms with Crippen LogP contribution in [0.1, 0.15) is 19.3 Å². The Hall–Kier alpha value is -1.14. The molecule has 0 heterocycles. The van der Waals surface area contributed by atoms with Gasteiger partial charge in [-0.3, -0.25) is 4.79 Å². The zero-order valence-electron chi connectivity index (χ0n) is 10.9. The number of carbonyl (C=O) groups is 1. The molecule has 0 bridgehead atoms. The Bertz CT molecular complexity index is 483. The van der Waals surface area contributed by atoms with E-state index in [1.807, 2.05) is 0 Å². The van der Waals surface area contributed by atoms with Crippen LogP contribution >= 0.6 is 15.9 Å². The highest BCUT2D eigenvalue weighted by atomic mass is 79.9. The maximum absolute atomic E-state index is 12.9. The first-order valence-electron chi connectivity index (χ1n) is 6.58. The van der Waals surface area contributed by atoms with Crippen molar-refractivity contribution in [1.29, 1.82) is 0 Å². The number of aliphatic hydroxyl groups is 1. The topological polar surface area (TPSA) is 58.6 Å². The molecule has 2 unspecified atom stereocenters. The van der Waals surface area contributed by atoms with Crippen LogP contribution in [-0.4, -0.2) is 30.3 Å². The van der Waals surface area contributed by atoms with E-state index in [0.717, 1.165) is 19.3 Å².